The fourth-order valence-electron chi connectivity index (χ4n) is 2.28. The first-order chi connectivity index (χ1) is 8.22. The maximum absolute atomic E-state index is 6.24. The van der Waals surface area contributed by atoms with Gasteiger partial charge < -0.3 is 10.1 Å². The predicted octanol–water partition coefficient (Wildman–Crippen LogP) is 2.56. The Morgan fingerprint density at radius 1 is 1.50 bits per heavy atom. The van der Waals surface area contributed by atoms with E-state index in [-0.39, 0.29) is 12.4 Å². The van der Waals surface area contributed by atoms with Crippen molar-refractivity contribution in [2.75, 3.05) is 27.2 Å². The van der Waals surface area contributed by atoms with Crippen molar-refractivity contribution in [3.63, 3.8) is 0 Å². The molecule has 2 rings (SSSR count). The van der Waals surface area contributed by atoms with E-state index in [9.17, 15) is 0 Å². The van der Waals surface area contributed by atoms with Crippen LogP contribution >= 0.6 is 24.0 Å². The largest absolute Gasteiger partial charge is 0.496 e. The third kappa shape index (κ3) is 3.51. The maximum atomic E-state index is 6.24. The maximum Gasteiger partial charge on any atom is 0.124 e. The van der Waals surface area contributed by atoms with Crippen molar-refractivity contribution in [2.24, 2.45) is 0 Å². The number of nitrogens with one attached hydrogen (secondary N) is 1. The van der Waals surface area contributed by atoms with Gasteiger partial charge in [-0.05, 0) is 32.1 Å². The van der Waals surface area contributed by atoms with Gasteiger partial charge in [-0.15, -0.1) is 12.4 Å². The van der Waals surface area contributed by atoms with Gasteiger partial charge in [0.1, 0.15) is 5.75 Å². The van der Waals surface area contributed by atoms with Gasteiger partial charge in [-0.2, -0.15) is 0 Å². The minimum Gasteiger partial charge on any atom is -0.496 e. The van der Waals surface area contributed by atoms with Crippen molar-refractivity contribution < 1.29 is 4.74 Å². The number of halogens is 2. The molecule has 1 N–H and O–H groups in total. The molecule has 1 saturated heterocycles. The monoisotopic (exact) mass is 290 g/mol. The van der Waals surface area contributed by atoms with Crippen LogP contribution in [-0.2, 0) is 6.54 Å². The molecule has 1 aliphatic rings. The number of nitrogens with zero attached hydrogens (tertiary/aromatic N) is 1. The van der Waals surface area contributed by atoms with Crippen molar-refractivity contribution in [3.05, 3.63) is 28.8 Å². The standard InChI is InChI=1S/C13H19ClN2O.ClH/c1-16(10-6-7-15-8-10)9-11-12(14)4-3-5-13(11)17-2;/h3-5,10,15H,6-9H2,1-2H3;1H. The molecule has 0 aliphatic carbocycles. The molecule has 1 heterocycles. The molecule has 0 amide bonds. The van der Waals surface area contributed by atoms with Crippen LogP contribution in [0.1, 0.15) is 12.0 Å². The van der Waals surface area contributed by atoms with E-state index >= 15 is 0 Å². The first-order valence-corrected chi connectivity index (χ1v) is 6.32. The molecule has 1 aromatic carbocycles. The molecule has 1 atom stereocenters. The molecule has 1 fully saturated rings. The molecule has 0 spiro atoms. The normalized spacial score (nSPS) is 18.8. The fourth-order valence-corrected chi connectivity index (χ4v) is 2.50. The van der Waals surface area contributed by atoms with Gasteiger partial charge in [-0.25, -0.2) is 0 Å². The number of benzene rings is 1. The number of hydrogen-bond donors (Lipinski definition) is 1. The summed E-state index contributed by atoms with van der Waals surface area (Å²) < 4.78 is 5.36. The summed E-state index contributed by atoms with van der Waals surface area (Å²) in [5, 5.41) is 4.16. The minimum atomic E-state index is 0. The molecule has 0 aromatic heterocycles. The zero-order valence-electron chi connectivity index (χ0n) is 10.8. The second-order valence-electron chi connectivity index (χ2n) is 4.48. The lowest BCUT2D eigenvalue weighted by molar-refractivity contribution is 0.245. The number of likely N-dealkylation sites (N-methyl/N-ethyl adjacent to an activating group) is 1. The number of hydrogen-bond acceptors (Lipinski definition) is 3. The first kappa shape index (κ1) is 15.6. The van der Waals surface area contributed by atoms with E-state index in [4.69, 9.17) is 16.3 Å². The van der Waals surface area contributed by atoms with Crippen molar-refractivity contribution >= 4 is 24.0 Å². The zero-order valence-corrected chi connectivity index (χ0v) is 12.4. The van der Waals surface area contributed by atoms with E-state index in [2.05, 4.69) is 17.3 Å². The van der Waals surface area contributed by atoms with Crippen LogP contribution in [0.5, 0.6) is 5.75 Å². The van der Waals surface area contributed by atoms with Gasteiger partial charge in [0.05, 0.1) is 7.11 Å². The highest BCUT2D eigenvalue weighted by molar-refractivity contribution is 6.31. The van der Waals surface area contributed by atoms with Crippen molar-refractivity contribution in [1.29, 1.82) is 0 Å². The quantitative estimate of drug-likeness (QED) is 0.922. The van der Waals surface area contributed by atoms with Gasteiger partial charge in [0.15, 0.2) is 0 Å². The topological polar surface area (TPSA) is 24.5 Å². The molecule has 1 aromatic rings. The van der Waals surface area contributed by atoms with Gasteiger partial charge >= 0.3 is 0 Å². The molecule has 1 unspecified atom stereocenters. The Hall–Kier alpha value is -0.480. The molecule has 5 heteroatoms. The molecule has 0 bridgehead atoms. The van der Waals surface area contributed by atoms with Crippen LogP contribution < -0.4 is 10.1 Å². The Morgan fingerprint density at radius 2 is 2.28 bits per heavy atom. The summed E-state index contributed by atoms with van der Waals surface area (Å²) in [7, 11) is 3.83. The molecular weight excluding hydrogens is 271 g/mol. The summed E-state index contributed by atoms with van der Waals surface area (Å²) >= 11 is 6.24. The molecule has 1 aliphatic heterocycles. The van der Waals surface area contributed by atoms with Crippen LogP contribution in [0.4, 0.5) is 0 Å². The van der Waals surface area contributed by atoms with E-state index in [0.717, 1.165) is 36.0 Å². The third-order valence-electron chi connectivity index (χ3n) is 3.36. The lowest BCUT2D eigenvalue weighted by Crippen LogP contribution is -2.33. The summed E-state index contributed by atoms with van der Waals surface area (Å²) in [6.07, 6.45) is 1.20. The van der Waals surface area contributed by atoms with Gasteiger partial charge in [0, 0.05) is 29.7 Å². The Morgan fingerprint density at radius 3 is 2.89 bits per heavy atom. The SMILES string of the molecule is COc1cccc(Cl)c1CN(C)C1CCNC1.Cl. The second kappa shape index (κ2) is 7.19. The van der Waals surface area contributed by atoms with Gasteiger partial charge in [-0.3, -0.25) is 4.90 Å². The van der Waals surface area contributed by atoms with Crippen LogP contribution in [-0.4, -0.2) is 38.2 Å². The average molecular weight is 291 g/mol. The van der Waals surface area contributed by atoms with Crippen LogP contribution in [0.2, 0.25) is 5.02 Å². The first-order valence-electron chi connectivity index (χ1n) is 5.94. The van der Waals surface area contributed by atoms with Crippen molar-refractivity contribution in [3.8, 4) is 5.75 Å². The van der Waals surface area contributed by atoms with E-state index in [1.807, 2.05) is 18.2 Å². The number of ether oxygens (including phenoxy) is 1. The highest BCUT2D eigenvalue weighted by Gasteiger charge is 2.20. The van der Waals surface area contributed by atoms with Crippen molar-refractivity contribution in [2.45, 2.75) is 19.0 Å². The summed E-state index contributed by atoms with van der Waals surface area (Å²) in [6.45, 7) is 2.99. The van der Waals surface area contributed by atoms with Gasteiger partial charge in [-0.1, -0.05) is 17.7 Å². The number of methoxy groups -OCH3 is 1. The van der Waals surface area contributed by atoms with Crippen molar-refractivity contribution in [1.82, 2.24) is 10.2 Å². The Labute approximate surface area is 120 Å². The fraction of sp³-hybridized carbons (Fsp3) is 0.538. The molecule has 0 saturated carbocycles. The Balaban J connectivity index is 0.00000162. The van der Waals surface area contributed by atoms with E-state index in [1.165, 1.54) is 6.42 Å². The molecule has 102 valence electrons. The van der Waals surface area contributed by atoms with E-state index < -0.39 is 0 Å². The summed E-state index contributed by atoms with van der Waals surface area (Å²) in [5.74, 6) is 0.871. The van der Waals surface area contributed by atoms with E-state index in [1.54, 1.807) is 7.11 Å². The lowest BCUT2D eigenvalue weighted by Gasteiger charge is -2.24. The third-order valence-corrected chi connectivity index (χ3v) is 3.72. The molecular formula is C13H20Cl2N2O. The highest BCUT2D eigenvalue weighted by atomic mass is 35.5. The molecule has 18 heavy (non-hydrogen) atoms. The van der Waals surface area contributed by atoms with E-state index in [0.29, 0.717) is 6.04 Å². The van der Waals surface area contributed by atoms with Crippen LogP contribution in [0, 0.1) is 0 Å². The van der Waals surface area contributed by atoms with Crippen LogP contribution in [0.25, 0.3) is 0 Å². The summed E-state index contributed by atoms with van der Waals surface area (Å²) in [5.41, 5.74) is 1.08. The van der Waals surface area contributed by atoms with Crippen LogP contribution in [0.15, 0.2) is 18.2 Å². The molecule has 0 radical (unpaired) electrons. The lowest BCUT2D eigenvalue weighted by atomic mass is 10.1. The minimum absolute atomic E-state index is 0. The highest BCUT2D eigenvalue weighted by Crippen LogP contribution is 2.28. The second-order valence-corrected chi connectivity index (χ2v) is 4.89. The van der Waals surface area contributed by atoms with Crippen LogP contribution in [0.3, 0.4) is 0 Å². The smallest absolute Gasteiger partial charge is 0.124 e. The zero-order chi connectivity index (χ0) is 12.3. The predicted molar refractivity (Wildman–Crippen MR) is 78.0 cm³/mol. The average Bonchev–Trinajstić information content (AvgIpc) is 2.85. The Bertz CT molecular complexity index is 381. The Kier molecular flexibility index (Phi) is 6.22. The number of rotatable bonds is 4. The summed E-state index contributed by atoms with van der Waals surface area (Å²) in [6, 6.07) is 6.39. The molecule has 3 nitrogen and oxygen atoms in total. The van der Waals surface area contributed by atoms with Gasteiger partial charge in [0.2, 0.25) is 0 Å². The summed E-state index contributed by atoms with van der Waals surface area (Å²) in [4.78, 5) is 2.34. The van der Waals surface area contributed by atoms with Gasteiger partial charge in [0.25, 0.3) is 0 Å².